The maximum atomic E-state index is 13.8. The fourth-order valence-electron chi connectivity index (χ4n) is 2.88. The summed E-state index contributed by atoms with van der Waals surface area (Å²) < 4.78 is 19.2. The first-order valence-corrected chi connectivity index (χ1v) is 10.4. The van der Waals surface area contributed by atoms with E-state index < -0.39 is 21.9 Å². The lowest BCUT2D eigenvalue weighted by Gasteiger charge is -2.12. The smallest absolute Gasteiger partial charge is 0.293 e. The van der Waals surface area contributed by atoms with Gasteiger partial charge in [0.15, 0.2) is 0 Å². The molecule has 4 rings (SSSR count). The van der Waals surface area contributed by atoms with Crippen LogP contribution in [0.3, 0.4) is 0 Å². The van der Waals surface area contributed by atoms with Crippen molar-refractivity contribution in [3.8, 4) is 11.6 Å². The zero-order valence-electron chi connectivity index (χ0n) is 16.5. The summed E-state index contributed by atoms with van der Waals surface area (Å²) in [4.78, 5) is 43.8. The molecule has 33 heavy (non-hydrogen) atoms. The third-order valence-electron chi connectivity index (χ3n) is 4.41. The molecule has 0 saturated carbocycles. The van der Waals surface area contributed by atoms with Crippen LogP contribution in [0.2, 0.25) is 5.28 Å². The van der Waals surface area contributed by atoms with E-state index in [1.165, 1.54) is 30.3 Å². The molecule has 1 aliphatic heterocycles. The quantitative estimate of drug-likeness (QED) is 0.202. The number of carbonyl (C=O) groups is 2. The average molecular weight is 487 g/mol. The van der Waals surface area contributed by atoms with E-state index in [0.717, 1.165) is 22.9 Å². The number of halogens is 2. The number of imide groups is 1. The molecule has 2 aromatic carbocycles. The van der Waals surface area contributed by atoms with E-state index in [9.17, 15) is 24.1 Å². The number of hydrogen-bond acceptors (Lipinski definition) is 8. The van der Waals surface area contributed by atoms with Crippen molar-refractivity contribution in [3.05, 3.63) is 92.0 Å². The van der Waals surface area contributed by atoms with Gasteiger partial charge in [-0.1, -0.05) is 24.3 Å². The van der Waals surface area contributed by atoms with Gasteiger partial charge >= 0.3 is 0 Å². The molecule has 0 bridgehead atoms. The molecule has 1 aliphatic rings. The van der Waals surface area contributed by atoms with E-state index in [2.05, 4.69) is 9.97 Å². The van der Waals surface area contributed by atoms with Crippen LogP contribution in [-0.4, -0.2) is 30.9 Å². The van der Waals surface area contributed by atoms with E-state index in [4.69, 9.17) is 16.3 Å². The lowest BCUT2D eigenvalue weighted by Crippen LogP contribution is -2.27. The second-order valence-corrected chi connectivity index (χ2v) is 7.99. The Labute approximate surface area is 195 Å². The van der Waals surface area contributed by atoms with Crippen molar-refractivity contribution in [1.29, 1.82) is 0 Å². The molecule has 3 aromatic rings. The van der Waals surface area contributed by atoms with Crippen LogP contribution in [0, 0.1) is 15.9 Å². The summed E-state index contributed by atoms with van der Waals surface area (Å²) in [6, 6.07) is 12.0. The second-order valence-electron chi connectivity index (χ2n) is 6.66. The van der Waals surface area contributed by atoms with Gasteiger partial charge in [-0.3, -0.25) is 24.6 Å². The second kappa shape index (κ2) is 9.35. The SMILES string of the molecule is O=C1S/C(=C/c2cccc(Oc3nc(Cl)ncc3F)c2)C(=O)N1Cc1ccc([N+](=O)[O-])cc1. The molecule has 0 N–H and O–H groups in total. The van der Waals surface area contributed by atoms with Crippen LogP contribution < -0.4 is 4.74 Å². The number of carbonyl (C=O) groups excluding carboxylic acids is 2. The number of nitrogens with zero attached hydrogens (tertiary/aromatic N) is 4. The van der Waals surface area contributed by atoms with Gasteiger partial charge in [0.25, 0.3) is 22.7 Å². The monoisotopic (exact) mass is 486 g/mol. The first-order chi connectivity index (χ1) is 15.8. The van der Waals surface area contributed by atoms with Crippen molar-refractivity contribution in [2.24, 2.45) is 0 Å². The number of nitro groups is 1. The Bertz CT molecular complexity index is 1300. The van der Waals surface area contributed by atoms with Gasteiger partial charge in [0, 0.05) is 12.1 Å². The number of non-ortho nitro benzene ring substituents is 1. The van der Waals surface area contributed by atoms with Crippen LogP contribution in [0.5, 0.6) is 11.6 Å². The lowest BCUT2D eigenvalue weighted by atomic mass is 10.2. The minimum atomic E-state index is -0.794. The van der Waals surface area contributed by atoms with Crippen LogP contribution in [0.25, 0.3) is 6.08 Å². The highest BCUT2D eigenvalue weighted by molar-refractivity contribution is 8.18. The average Bonchev–Trinajstić information content (AvgIpc) is 3.04. The van der Waals surface area contributed by atoms with Gasteiger partial charge in [-0.2, -0.15) is 9.37 Å². The van der Waals surface area contributed by atoms with Crippen molar-refractivity contribution < 1.29 is 23.6 Å². The normalized spacial score (nSPS) is 14.7. The number of benzene rings is 2. The summed E-state index contributed by atoms with van der Waals surface area (Å²) in [5.41, 5.74) is 1.03. The lowest BCUT2D eigenvalue weighted by molar-refractivity contribution is -0.384. The molecular formula is C21H12ClFN4O5S. The number of hydrogen-bond donors (Lipinski definition) is 0. The summed E-state index contributed by atoms with van der Waals surface area (Å²) in [5.74, 6) is -1.40. The van der Waals surface area contributed by atoms with Crippen molar-refractivity contribution in [2.45, 2.75) is 6.54 Å². The predicted molar refractivity (Wildman–Crippen MR) is 118 cm³/mol. The highest BCUT2D eigenvalue weighted by atomic mass is 35.5. The van der Waals surface area contributed by atoms with E-state index in [0.29, 0.717) is 11.1 Å². The highest BCUT2D eigenvalue weighted by Crippen LogP contribution is 2.34. The third-order valence-corrected chi connectivity index (χ3v) is 5.50. The van der Waals surface area contributed by atoms with Crippen molar-refractivity contribution in [1.82, 2.24) is 14.9 Å². The van der Waals surface area contributed by atoms with Gasteiger partial charge < -0.3 is 4.74 Å². The Morgan fingerprint density at radius 2 is 1.97 bits per heavy atom. The van der Waals surface area contributed by atoms with E-state index in [1.807, 2.05) is 0 Å². The number of nitro benzene ring substituents is 1. The van der Waals surface area contributed by atoms with E-state index in [1.54, 1.807) is 24.3 Å². The van der Waals surface area contributed by atoms with E-state index >= 15 is 0 Å². The molecular weight excluding hydrogens is 475 g/mol. The number of ether oxygens (including phenoxy) is 1. The minimum Gasteiger partial charge on any atom is -0.436 e. The topological polar surface area (TPSA) is 116 Å². The molecule has 0 aliphatic carbocycles. The largest absolute Gasteiger partial charge is 0.436 e. The van der Waals surface area contributed by atoms with Gasteiger partial charge in [0.05, 0.1) is 22.6 Å². The summed E-state index contributed by atoms with van der Waals surface area (Å²) in [7, 11) is 0. The Kier molecular flexibility index (Phi) is 6.33. The number of amides is 2. The molecule has 1 aromatic heterocycles. The van der Waals surface area contributed by atoms with Crippen LogP contribution in [-0.2, 0) is 11.3 Å². The van der Waals surface area contributed by atoms with Gasteiger partial charge in [-0.15, -0.1) is 0 Å². The molecule has 0 unspecified atom stereocenters. The number of aromatic nitrogens is 2. The molecule has 12 heteroatoms. The predicted octanol–water partition coefficient (Wildman–Crippen LogP) is 5.21. The van der Waals surface area contributed by atoms with E-state index in [-0.39, 0.29) is 34.1 Å². The molecule has 1 fully saturated rings. The molecule has 0 spiro atoms. The number of rotatable bonds is 6. The fourth-order valence-corrected chi connectivity index (χ4v) is 3.84. The minimum absolute atomic E-state index is 0.0170. The van der Waals surface area contributed by atoms with Crippen molar-refractivity contribution in [2.75, 3.05) is 0 Å². The molecule has 0 atom stereocenters. The Balaban J connectivity index is 1.50. The first-order valence-electron chi connectivity index (χ1n) is 9.25. The van der Waals surface area contributed by atoms with Gasteiger partial charge in [0.1, 0.15) is 5.75 Å². The zero-order chi connectivity index (χ0) is 23.5. The van der Waals surface area contributed by atoms with Crippen molar-refractivity contribution in [3.63, 3.8) is 0 Å². The van der Waals surface area contributed by atoms with Crippen molar-refractivity contribution >= 4 is 46.3 Å². The third kappa shape index (κ3) is 5.16. The molecule has 166 valence electrons. The summed E-state index contributed by atoms with van der Waals surface area (Å²) in [6.07, 6.45) is 2.40. The fraction of sp³-hybridized carbons (Fsp3) is 0.0476. The molecule has 2 heterocycles. The summed E-state index contributed by atoms with van der Waals surface area (Å²) >= 11 is 6.44. The maximum Gasteiger partial charge on any atom is 0.293 e. The Morgan fingerprint density at radius 1 is 1.21 bits per heavy atom. The van der Waals surface area contributed by atoms with Gasteiger partial charge in [-0.25, -0.2) is 4.98 Å². The highest BCUT2D eigenvalue weighted by Gasteiger charge is 2.35. The van der Waals surface area contributed by atoms with Crippen LogP contribution in [0.4, 0.5) is 14.9 Å². The van der Waals surface area contributed by atoms with Gasteiger partial charge in [-0.05, 0) is 52.7 Å². The summed E-state index contributed by atoms with van der Waals surface area (Å²) in [5, 5.41) is 10.1. The standard InChI is InChI=1S/C21H12ClFN4O5S/c22-20-24-10-16(23)18(25-20)32-15-3-1-2-13(8-15)9-17-19(28)26(21(29)33-17)11-12-4-6-14(7-5-12)27(30)31/h1-10H,11H2/b17-9+. The van der Waals surface area contributed by atoms with Crippen LogP contribution >= 0.6 is 23.4 Å². The summed E-state index contributed by atoms with van der Waals surface area (Å²) in [6.45, 7) is -0.0170. The number of thioether (sulfide) groups is 1. The van der Waals surface area contributed by atoms with Crippen LogP contribution in [0.15, 0.2) is 59.6 Å². The zero-order valence-corrected chi connectivity index (χ0v) is 18.0. The first kappa shape index (κ1) is 22.4. The molecule has 2 amide bonds. The maximum absolute atomic E-state index is 13.8. The molecule has 0 radical (unpaired) electrons. The molecule has 9 nitrogen and oxygen atoms in total. The van der Waals surface area contributed by atoms with Crippen LogP contribution in [0.1, 0.15) is 11.1 Å². The Hall–Kier alpha value is -3.83. The van der Waals surface area contributed by atoms with Gasteiger partial charge in [0.2, 0.25) is 11.1 Å². The Morgan fingerprint density at radius 3 is 2.70 bits per heavy atom. The molecule has 1 saturated heterocycles.